The van der Waals surface area contributed by atoms with Crippen LogP contribution < -0.4 is 10.1 Å². The zero-order chi connectivity index (χ0) is 15.4. The number of hydrogen-bond acceptors (Lipinski definition) is 4. The molecular formula is C14H18N4O2S. The summed E-state index contributed by atoms with van der Waals surface area (Å²) in [4.78, 5) is 12.2. The number of benzene rings is 1. The van der Waals surface area contributed by atoms with Gasteiger partial charge in [0.05, 0.1) is 13.2 Å². The molecule has 0 radical (unpaired) electrons. The van der Waals surface area contributed by atoms with E-state index in [-0.39, 0.29) is 11.9 Å². The maximum atomic E-state index is 12.2. The molecule has 0 aliphatic rings. The highest BCUT2D eigenvalue weighted by Crippen LogP contribution is 2.14. The highest BCUT2D eigenvalue weighted by atomic mass is 32.1. The summed E-state index contributed by atoms with van der Waals surface area (Å²) < 4.78 is 7.48. The second-order valence-electron chi connectivity index (χ2n) is 4.55. The van der Waals surface area contributed by atoms with Crippen LogP contribution >= 0.6 is 12.2 Å². The number of nitrogens with one attached hydrogen (secondary N) is 2. The minimum absolute atomic E-state index is 0.165. The van der Waals surface area contributed by atoms with Crippen LogP contribution in [-0.2, 0) is 6.54 Å². The first-order valence-electron chi connectivity index (χ1n) is 6.66. The van der Waals surface area contributed by atoms with Crippen molar-refractivity contribution in [1.82, 2.24) is 20.1 Å². The number of methoxy groups -OCH3 is 1. The minimum Gasteiger partial charge on any atom is -0.497 e. The van der Waals surface area contributed by atoms with Crippen LogP contribution in [0.4, 0.5) is 0 Å². The molecular weight excluding hydrogens is 288 g/mol. The van der Waals surface area contributed by atoms with Gasteiger partial charge in [0, 0.05) is 12.1 Å². The highest BCUT2D eigenvalue weighted by molar-refractivity contribution is 7.71. The molecule has 112 valence electrons. The minimum atomic E-state index is -0.243. The largest absolute Gasteiger partial charge is 0.497 e. The molecule has 1 atom stereocenters. The number of rotatable bonds is 5. The first kappa shape index (κ1) is 15.2. The average Bonchev–Trinajstić information content (AvgIpc) is 2.88. The SMILES string of the molecule is CCn1c([C@H](C)NC(=O)c2ccc(OC)cc2)n[nH]c1=S. The van der Waals surface area contributed by atoms with Crippen molar-refractivity contribution >= 4 is 18.1 Å². The predicted octanol–water partition coefficient (Wildman–Crippen LogP) is 2.46. The number of amides is 1. The van der Waals surface area contributed by atoms with E-state index in [1.165, 1.54) is 0 Å². The molecule has 1 amide bonds. The zero-order valence-corrected chi connectivity index (χ0v) is 13.0. The molecule has 7 heteroatoms. The maximum Gasteiger partial charge on any atom is 0.251 e. The molecule has 1 heterocycles. The van der Waals surface area contributed by atoms with Gasteiger partial charge in [-0.1, -0.05) is 0 Å². The summed E-state index contributed by atoms with van der Waals surface area (Å²) in [6.45, 7) is 4.55. The number of aromatic amines is 1. The van der Waals surface area contributed by atoms with Crippen LogP contribution in [-0.4, -0.2) is 27.8 Å². The van der Waals surface area contributed by atoms with Crippen LogP contribution in [0.15, 0.2) is 24.3 Å². The van der Waals surface area contributed by atoms with E-state index in [0.717, 1.165) is 0 Å². The van der Waals surface area contributed by atoms with Gasteiger partial charge in [0.25, 0.3) is 5.91 Å². The standard InChI is InChI=1S/C14H18N4O2S/c1-4-18-12(16-17-14(18)21)9(2)15-13(19)10-5-7-11(20-3)8-6-10/h5-9H,4H2,1-3H3,(H,15,19)(H,17,21)/t9-/m0/s1. The Morgan fingerprint density at radius 3 is 2.71 bits per heavy atom. The van der Waals surface area contributed by atoms with Crippen molar-refractivity contribution in [2.75, 3.05) is 7.11 Å². The van der Waals surface area contributed by atoms with Crippen molar-refractivity contribution in [1.29, 1.82) is 0 Å². The summed E-state index contributed by atoms with van der Waals surface area (Å²) in [7, 11) is 1.59. The number of hydrogen-bond donors (Lipinski definition) is 2. The molecule has 1 aromatic heterocycles. The summed E-state index contributed by atoms with van der Waals surface area (Å²) in [5.41, 5.74) is 0.569. The molecule has 0 fully saturated rings. The van der Waals surface area contributed by atoms with Crippen molar-refractivity contribution < 1.29 is 9.53 Å². The molecule has 1 aromatic carbocycles. The lowest BCUT2D eigenvalue weighted by atomic mass is 10.2. The monoisotopic (exact) mass is 306 g/mol. The van der Waals surface area contributed by atoms with Crippen molar-refractivity contribution in [3.8, 4) is 5.75 Å². The topological polar surface area (TPSA) is 71.9 Å². The lowest BCUT2D eigenvalue weighted by Crippen LogP contribution is -2.28. The quantitative estimate of drug-likeness (QED) is 0.832. The Kier molecular flexibility index (Phi) is 4.74. The number of ether oxygens (including phenoxy) is 1. The third kappa shape index (κ3) is 3.30. The molecule has 6 nitrogen and oxygen atoms in total. The Labute approximate surface area is 128 Å². The van der Waals surface area contributed by atoms with Crippen molar-refractivity contribution in [2.24, 2.45) is 0 Å². The molecule has 0 aliphatic carbocycles. The molecule has 0 aliphatic heterocycles. The second kappa shape index (κ2) is 6.53. The summed E-state index contributed by atoms with van der Waals surface area (Å²) >= 11 is 5.14. The van der Waals surface area contributed by atoms with E-state index in [1.807, 2.05) is 18.4 Å². The predicted molar refractivity (Wildman–Crippen MR) is 82.0 cm³/mol. The van der Waals surface area contributed by atoms with Crippen LogP contribution in [0, 0.1) is 4.77 Å². The van der Waals surface area contributed by atoms with E-state index in [2.05, 4.69) is 15.5 Å². The summed E-state index contributed by atoms with van der Waals surface area (Å²) in [5.74, 6) is 1.26. The normalized spacial score (nSPS) is 12.0. The van der Waals surface area contributed by atoms with Crippen LogP contribution in [0.2, 0.25) is 0 Å². The van der Waals surface area contributed by atoms with Crippen molar-refractivity contribution in [3.63, 3.8) is 0 Å². The van der Waals surface area contributed by atoms with Gasteiger partial charge in [0.15, 0.2) is 10.6 Å². The van der Waals surface area contributed by atoms with Gasteiger partial charge < -0.3 is 14.6 Å². The van der Waals surface area contributed by atoms with Gasteiger partial charge in [-0.2, -0.15) is 5.10 Å². The second-order valence-corrected chi connectivity index (χ2v) is 4.94. The lowest BCUT2D eigenvalue weighted by Gasteiger charge is -2.14. The van der Waals surface area contributed by atoms with E-state index in [4.69, 9.17) is 17.0 Å². The number of carbonyl (C=O) groups excluding carboxylic acids is 1. The van der Waals surface area contributed by atoms with Gasteiger partial charge in [-0.15, -0.1) is 0 Å². The van der Waals surface area contributed by atoms with Gasteiger partial charge in [-0.25, -0.2) is 0 Å². The third-order valence-corrected chi connectivity index (χ3v) is 3.50. The molecule has 0 unspecified atom stereocenters. The number of carbonyl (C=O) groups is 1. The van der Waals surface area contributed by atoms with E-state index < -0.39 is 0 Å². The molecule has 21 heavy (non-hydrogen) atoms. The van der Waals surface area contributed by atoms with Crippen LogP contribution in [0.25, 0.3) is 0 Å². The highest BCUT2D eigenvalue weighted by Gasteiger charge is 2.16. The lowest BCUT2D eigenvalue weighted by molar-refractivity contribution is 0.0937. The number of nitrogens with zero attached hydrogens (tertiary/aromatic N) is 2. The Morgan fingerprint density at radius 1 is 1.48 bits per heavy atom. The Hall–Kier alpha value is -2.15. The van der Waals surface area contributed by atoms with Crippen molar-refractivity contribution in [3.05, 3.63) is 40.4 Å². The van der Waals surface area contributed by atoms with Crippen molar-refractivity contribution in [2.45, 2.75) is 26.4 Å². The zero-order valence-electron chi connectivity index (χ0n) is 12.2. The maximum absolute atomic E-state index is 12.2. The first-order valence-corrected chi connectivity index (χ1v) is 7.07. The van der Waals surface area contributed by atoms with Gasteiger partial charge in [-0.3, -0.25) is 9.89 Å². The van der Waals surface area contributed by atoms with Gasteiger partial charge in [-0.05, 0) is 50.3 Å². The fraction of sp³-hybridized carbons (Fsp3) is 0.357. The molecule has 2 aromatic rings. The van der Waals surface area contributed by atoms with E-state index in [1.54, 1.807) is 31.4 Å². The van der Waals surface area contributed by atoms with Gasteiger partial charge >= 0.3 is 0 Å². The Balaban J connectivity index is 2.12. The first-order chi connectivity index (χ1) is 10.1. The van der Waals surface area contributed by atoms with E-state index in [9.17, 15) is 4.79 Å². The van der Waals surface area contributed by atoms with Gasteiger partial charge in [0.2, 0.25) is 0 Å². The molecule has 2 rings (SSSR count). The Morgan fingerprint density at radius 2 is 2.14 bits per heavy atom. The molecule has 2 N–H and O–H groups in total. The molecule has 0 saturated carbocycles. The Bertz CT molecular complexity index is 675. The van der Waals surface area contributed by atoms with Crippen LogP contribution in [0.3, 0.4) is 0 Å². The molecule has 0 bridgehead atoms. The fourth-order valence-corrected chi connectivity index (χ4v) is 2.32. The third-order valence-electron chi connectivity index (χ3n) is 3.19. The fourth-order valence-electron chi connectivity index (χ4n) is 2.05. The van der Waals surface area contributed by atoms with E-state index in [0.29, 0.717) is 28.5 Å². The molecule has 0 saturated heterocycles. The van der Waals surface area contributed by atoms with Gasteiger partial charge in [0.1, 0.15) is 5.75 Å². The average molecular weight is 306 g/mol. The van der Waals surface area contributed by atoms with E-state index >= 15 is 0 Å². The number of aromatic nitrogens is 3. The summed E-state index contributed by atoms with van der Waals surface area (Å²) in [6.07, 6.45) is 0. The number of H-pyrrole nitrogens is 1. The van der Waals surface area contributed by atoms with Crippen LogP contribution in [0.1, 0.15) is 36.1 Å². The van der Waals surface area contributed by atoms with Crippen LogP contribution in [0.5, 0.6) is 5.75 Å². The smallest absolute Gasteiger partial charge is 0.251 e. The summed E-state index contributed by atoms with van der Waals surface area (Å²) in [5, 5.41) is 9.83. The summed E-state index contributed by atoms with van der Waals surface area (Å²) in [6, 6.07) is 6.70. The molecule has 0 spiro atoms.